The van der Waals surface area contributed by atoms with Gasteiger partial charge in [-0.2, -0.15) is 10.1 Å². The molecule has 0 spiro atoms. The standard InChI is InChI=1S/C11H9N5O/c12-9-4-2-1-3-8(9)10-15-11(17-16-10)7-5-13-14-6-7/h1-6H,12H2,(H,13,14). The lowest BCUT2D eigenvalue weighted by Crippen LogP contribution is -1.90. The zero-order valence-electron chi connectivity index (χ0n) is 8.79. The first kappa shape index (κ1) is 9.59. The van der Waals surface area contributed by atoms with Crippen molar-refractivity contribution in [2.24, 2.45) is 0 Å². The summed E-state index contributed by atoms with van der Waals surface area (Å²) in [4.78, 5) is 4.27. The van der Waals surface area contributed by atoms with Crippen LogP contribution in [0.5, 0.6) is 0 Å². The van der Waals surface area contributed by atoms with Crippen LogP contribution in [0.15, 0.2) is 41.2 Å². The van der Waals surface area contributed by atoms with Gasteiger partial charge in [0, 0.05) is 17.4 Å². The van der Waals surface area contributed by atoms with Crippen molar-refractivity contribution < 1.29 is 4.52 Å². The number of para-hydroxylation sites is 1. The molecular formula is C11H9N5O. The molecule has 17 heavy (non-hydrogen) atoms. The van der Waals surface area contributed by atoms with Crippen molar-refractivity contribution in [2.45, 2.75) is 0 Å². The molecule has 0 radical (unpaired) electrons. The maximum absolute atomic E-state index is 5.84. The molecule has 0 fully saturated rings. The summed E-state index contributed by atoms with van der Waals surface area (Å²) >= 11 is 0. The second-order valence-corrected chi connectivity index (χ2v) is 3.50. The minimum Gasteiger partial charge on any atom is -0.398 e. The van der Waals surface area contributed by atoms with Crippen LogP contribution in [0.4, 0.5) is 5.69 Å². The van der Waals surface area contributed by atoms with Crippen molar-refractivity contribution >= 4 is 5.69 Å². The van der Waals surface area contributed by atoms with E-state index >= 15 is 0 Å². The average Bonchev–Trinajstić information content (AvgIpc) is 3.00. The fourth-order valence-electron chi connectivity index (χ4n) is 1.52. The van der Waals surface area contributed by atoms with Gasteiger partial charge in [0.15, 0.2) is 0 Å². The zero-order chi connectivity index (χ0) is 11.7. The Balaban J connectivity index is 2.04. The Labute approximate surface area is 96.5 Å². The van der Waals surface area contributed by atoms with Gasteiger partial charge >= 0.3 is 0 Å². The lowest BCUT2D eigenvalue weighted by molar-refractivity contribution is 0.432. The maximum Gasteiger partial charge on any atom is 0.261 e. The summed E-state index contributed by atoms with van der Waals surface area (Å²) in [6.45, 7) is 0. The molecular weight excluding hydrogens is 218 g/mol. The van der Waals surface area contributed by atoms with Crippen molar-refractivity contribution in [1.29, 1.82) is 0 Å². The summed E-state index contributed by atoms with van der Waals surface area (Å²) in [5.74, 6) is 0.885. The van der Waals surface area contributed by atoms with Crippen molar-refractivity contribution in [3.63, 3.8) is 0 Å². The van der Waals surface area contributed by atoms with Gasteiger partial charge in [0.2, 0.25) is 5.82 Å². The maximum atomic E-state index is 5.84. The van der Waals surface area contributed by atoms with Crippen molar-refractivity contribution in [3.8, 4) is 22.8 Å². The first-order chi connectivity index (χ1) is 8.34. The Hall–Kier alpha value is -2.63. The molecule has 84 valence electrons. The first-order valence-corrected chi connectivity index (χ1v) is 5.02. The van der Waals surface area contributed by atoms with Crippen LogP contribution in [0.1, 0.15) is 0 Å². The highest BCUT2D eigenvalue weighted by Crippen LogP contribution is 2.25. The molecule has 3 aromatic rings. The molecule has 2 aromatic heterocycles. The number of nitrogens with two attached hydrogens (primary N) is 1. The molecule has 0 atom stereocenters. The van der Waals surface area contributed by atoms with Crippen LogP contribution in [0.3, 0.4) is 0 Å². The van der Waals surface area contributed by atoms with Gasteiger partial charge in [0.1, 0.15) is 0 Å². The van der Waals surface area contributed by atoms with E-state index in [0.717, 1.165) is 11.1 Å². The molecule has 1 aromatic carbocycles. The van der Waals surface area contributed by atoms with Crippen LogP contribution in [0.25, 0.3) is 22.8 Å². The molecule has 3 N–H and O–H groups in total. The number of anilines is 1. The van der Waals surface area contributed by atoms with Crippen molar-refractivity contribution in [3.05, 3.63) is 36.7 Å². The van der Waals surface area contributed by atoms with E-state index in [1.807, 2.05) is 18.2 Å². The predicted octanol–water partition coefficient (Wildman–Crippen LogP) is 1.71. The molecule has 6 nitrogen and oxygen atoms in total. The Bertz CT molecular complexity index is 629. The predicted molar refractivity (Wildman–Crippen MR) is 61.7 cm³/mol. The highest BCUT2D eigenvalue weighted by atomic mass is 16.5. The molecule has 2 heterocycles. The van der Waals surface area contributed by atoms with E-state index in [1.54, 1.807) is 18.5 Å². The van der Waals surface area contributed by atoms with Gasteiger partial charge in [-0.15, -0.1) is 0 Å². The number of nitrogens with zero attached hydrogens (tertiary/aromatic N) is 3. The molecule has 0 unspecified atom stereocenters. The number of nitrogens with one attached hydrogen (secondary N) is 1. The van der Waals surface area contributed by atoms with Crippen molar-refractivity contribution in [2.75, 3.05) is 5.73 Å². The number of hydrogen-bond acceptors (Lipinski definition) is 5. The zero-order valence-corrected chi connectivity index (χ0v) is 8.79. The summed E-state index contributed by atoms with van der Waals surface area (Å²) in [5, 5.41) is 10.4. The molecule has 0 aliphatic carbocycles. The van der Waals surface area contributed by atoms with E-state index in [1.165, 1.54) is 0 Å². The number of H-pyrrole nitrogens is 1. The van der Waals surface area contributed by atoms with E-state index in [2.05, 4.69) is 20.3 Å². The average molecular weight is 227 g/mol. The Kier molecular flexibility index (Phi) is 2.11. The van der Waals surface area contributed by atoms with Gasteiger partial charge in [-0.1, -0.05) is 17.3 Å². The second-order valence-electron chi connectivity index (χ2n) is 3.50. The Morgan fingerprint density at radius 1 is 1.24 bits per heavy atom. The molecule has 6 heteroatoms. The Morgan fingerprint density at radius 3 is 2.88 bits per heavy atom. The highest BCUT2D eigenvalue weighted by Gasteiger charge is 2.12. The molecule has 0 amide bonds. The summed E-state index contributed by atoms with van der Waals surface area (Å²) < 4.78 is 5.14. The number of nitrogen functional groups attached to an aromatic ring is 1. The highest BCUT2D eigenvalue weighted by molar-refractivity contribution is 5.71. The lowest BCUT2D eigenvalue weighted by Gasteiger charge is -1.97. The van der Waals surface area contributed by atoms with Gasteiger partial charge < -0.3 is 10.3 Å². The van der Waals surface area contributed by atoms with Crippen LogP contribution in [-0.4, -0.2) is 20.3 Å². The van der Waals surface area contributed by atoms with Crippen LogP contribution in [0, 0.1) is 0 Å². The number of hydrogen-bond donors (Lipinski definition) is 2. The quantitative estimate of drug-likeness (QED) is 0.650. The monoisotopic (exact) mass is 227 g/mol. The van der Waals surface area contributed by atoms with E-state index in [-0.39, 0.29) is 0 Å². The fraction of sp³-hybridized carbons (Fsp3) is 0. The number of aromatic amines is 1. The first-order valence-electron chi connectivity index (χ1n) is 5.02. The summed E-state index contributed by atoms with van der Waals surface area (Å²) in [6, 6.07) is 7.37. The summed E-state index contributed by atoms with van der Waals surface area (Å²) in [7, 11) is 0. The number of benzene rings is 1. The van der Waals surface area contributed by atoms with Crippen LogP contribution >= 0.6 is 0 Å². The topological polar surface area (TPSA) is 93.6 Å². The van der Waals surface area contributed by atoms with Crippen LogP contribution in [-0.2, 0) is 0 Å². The minimum absolute atomic E-state index is 0.414. The lowest BCUT2D eigenvalue weighted by atomic mass is 10.2. The Morgan fingerprint density at radius 2 is 2.12 bits per heavy atom. The number of aromatic nitrogens is 4. The van der Waals surface area contributed by atoms with E-state index in [4.69, 9.17) is 10.3 Å². The van der Waals surface area contributed by atoms with Crippen LogP contribution in [0.2, 0.25) is 0 Å². The molecule has 0 aliphatic heterocycles. The summed E-state index contributed by atoms with van der Waals surface area (Å²) in [6.07, 6.45) is 3.30. The smallest absolute Gasteiger partial charge is 0.261 e. The van der Waals surface area contributed by atoms with Gasteiger partial charge in [-0.3, -0.25) is 5.10 Å². The van der Waals surface area contributed by atoms with E-state index in [9.17, 15) is 0 Å². The van der Waals surface area contributed by atoms with E-state index in [0.29, 0.717) is 17.4 Å². The van der Waals surface area contributed by atoms with Crippen LogP contribution < -0.4 is 5.73 Å². The normalized spacial score (nSPS) is 10.6. The van der Waals surface area contributed by atoms with Gasteiger partial charge in [0.25, 0.3) is 5.89 Å². The van der Waals surface area contributed by atoms with E-state index < -0.39 is 0 Å². The summed E-state index contributed by atoms with van der Waals surface area (Å²) in [5.41, 5.74) is 7.96. The van der Waals surface area contributed by atoms with Gasteiger partial charge in [-0.05, 0) is 12.1 Å². The molecule has 0 saturated carbocycles. The fourth-order valence-corrected chi connectivity index (χ4v) is 1.52. The molecule has 3 rings (SSSR count). The third kappa shape index (κ3) is 1.65. The molecule has 0 bridgehead atoms. The SMILES string of the molecule is Nc1ccccc1-c1noc(-c2cn[nH]c2)n1. The third-order valence-electron chi connectivity index (χ3n) is 2.37. The second kappa shape index (κ2) is 3.75. The van der Waals surface area contributed by atoms with Crippen molar-refractivity contribution in [1.82, 2.24) is 20.3 Å². The molecule has 0 saturated heterocycles. The largest absolute Gasteiger partial charge is 0.398 e. The third-order valence-corrected chi connectivity index (χ3v) is 2.37. The van der Waals surface area contributed by atoms with Gasteiger partial charge in [-0.25, -0.2) is 0 Å². The van der Waals surface area contributed by atoms with Gasteiger partial charge in [0.05, 0.1) is 11.8 Å². The molecule has 0 aliphatic rings. The minimum atomic E-state index is 0.414. The number of rotatable bonds is 2.